The number of nitrogens with one attached hydrogen (secondary N) is 2. The van der Waals surface area contributed by atoms with Gasteiger partial charge in [0.2, 0.25) is 0 Å². The Labute approximate surface area is 499 Å². The van der Waals surface area contributed by atoms with Crippen LogP contribution in [-0.2, 0) is 30.6 Å². The molecule has 1 saturated carbocycles. The van der Waals surface area contributed by atoms with E-state index in [2.05, 4.69) is 133 Å². The lowest BCUT2D eigenvalue weighted by molar-refractivity contribution is 0.0472. The lowest BCUT2D eigenvalue weighted by atomic mass is 9.86. The minimum atomic E-state index is -0.291. The number of anilines is 1. The number of hydrogen-bond acceptors (Lipinski definition) is 5. The lowest BCUT2D eigenvalue weighted by Crippen LogP contribution is -2.22. The molecule has 4 atom stereocenters. The van der Waals surface area contributed by atoms with E-state index in [0.29, 0.717) is 5.56 Å². The Bertz CT molecular complexity index is 2980. The second-order valence-corrected chi connectivity index (χ2v) is 25.5. The average Bonchev–Trinajstić information content (AvgIpc) is 4.55. The summed E-state index contributed by atoms with van der Waals surface area (Å²) < 4.78 is 5.99. The second kappa shape index (κ2) is 31.3. The van der Waals surface area contributed by atoms with E-state index in [1.807, 2.05) is 12.1 Å². The van der Waals surface area contributed by atoms with E-state index >= 15 is 0 Å². The molecule has 83 heavy (non-hydrogen) atoms. The molecule has 2 fully saturated rings. The van der Waals surface area contributed by atoms with Gasteiger partial charge in [-0.15, -0.1) is 0 Å². The first kappa shape index (κ1) is 60.2. The molecular formula is C76H101N5O2. The molecule has 2 aromatic carbocycles. The Morgan fingerprint density at radius 2 is 0.843 bits per heavy atom. The third-order valence-corrected chi connectivity index (χ3v) is 19.4. The monoisotopic (exact) mass is 1120 g/mol. The Kier molecular flexibility index (Phi) is 22.7. The van der Waals surface area contributed by atoms with E-state index in [-0.39, 0.29) is 12.6 Å². The van der Waals surface area contributed by atoms with Gasteiger partial charge >= 0.3 is 5.97 Å². The molecule has 442 valence electrons. The van der Waals surface area contributed by atoms with E-state index in [1.54, 1.807) is 0 Å². The molecule has 2 aliphatic carbocycles. The first-order valence-corrected chi connectivity index (χ1v) is 33.9. The molecule has 3 aliphatic heterocycles. The van der Waals surface area contributed by atoms with Crippen molar-refractivity contribution >= 4 is 58.0 Å². The SMILES string of the molecule is CCCCCCCCCCCc1c2nc(c(CCCCCCCCCCC)c3ccc([nH]3)c(-c3ccc(COC(=O)c4ccc(N5C[C@@H]6[C@H](C5)[C@@H]5C=C[C@H]6C5)cc4)cc3)c3ccc([nH]3)c(CCCCCCCCCCC)c3nc1C=C3)C=C2. The maximum absolute atomic E-state index is 13.5. The number of carbonyl (C=O) groups excluding carboxylic acids is 1. The first-order chi connectivity index (χ1) is 41.0. The molecule has 10 bridgehead atoms. The fraction of sp³-hybridized carbons (Fsp3) is 0.539. The largest absolute Gasteiger partial charge is 0.457 e. The molecule has 0 spiro atoms. The summed E-state index contributed by atoms with van der Waals surface area (Å²) >= 11 is 0. The molecule has 5 aromatic rings. The number of aryl methyl sites for hydroxylation is 2. The van der Waals surface area contributed by atoms with Crippen LogP contribution < -0.4 is 4.90 Å². The van der Waals surface area contributed by atoms with Crippen molar-refractivity contribution < 1.29 is 9.53 Å². The Morgan fingerprint density at radius 3 is 1.28 bits per heavy atom. The highest BCUT2D eigenvalue weighted by Crippen LogP contribution is 2.52. The van der Waals surface area contributed by atoms with E-state index < -0.39 is 0 Å². The number of rotatable bonds is 35. The fourth-order valence-electron chi connectivity index (χ4n) is 14.5. The zero-order valence-corrected chi connectivity index (χ0v) is 51.4. The number of carbonyl (C=O) groups is 1. The van der Waals surface area contributed by atoms with Crippen LogP contribution in [0.25, 0.3) is 57.5 Å². The van der Waals surface area contributed by atoms with E-state index in [1.165, 1.54) is 183 Å². The third-order valence-electron chi connectivity index (χ3n) is 19.4. The Morgan fingerprint density at radius 1 is 0.458 bits per heavy atom. The Balaban J connectivity index is 0.942. The van der Waals surface area contributed by atoms with E-state index in [4.69, 9.17) is 14.7 Å². The molecule has 0 unspecified atom stereocenters. The molecule has 0 amide bonds. The molecule has 1 saturated heterocycles. The van der Waals surface area contributed by atoms with Gasteiger partial charge in [0.25, 0.3) is 0 Å². The van der Waals surface area contributed by atoms with Crippen molar-refractivity contribution in [2.45, 2.75) is 226 Å². The van der Waals surface area contributed by atoms with Crippen LogP contribution in [0.15, 0.2) is 84.9 Å². The molecule has 3 aromatic heterocycles. The number of unbranched alkanes of at least 4 members (excludes halogenated alkanes) is 24. The Hall–Kier alpha value is -5.95. The zero-order valence-electron chi connectivity index (χ0n) is 51.4. The molecule has 7 heteroatoms. The van der Waals surface area contributed by atoms with Crippen LogP contribution in [0.1, 0.15) is 256 Å². The van der Waals surface area contributed by atoms with E-state index in [9.17, 15) is 4.79 Å². The van der Waals surface area contributed by atoms with Crippen molar-refractivity contribution in [2.75, 3.05) is 18.0 Å². The zero-order chi connectivity index (χ0) is 57.0. The topological polar surface area (TPSA) is 86.9 Å². The van der Waals surface area contributed by atoms with Crippen LogP contribution in [0.2, 0.25) is 0 Å². The predicted molar refractivity (Wildman–Crippen MR) is 353 cm³/mol. The van der Waals surface area contributed by atoms with Gasteiger partial charge in [-0.05, 0) is 153 Å². The highest BCUT2D eigenvalue weighted by Gasteiger charge is 2.49. The lowest BCUT2D eigenvalue weighted by Gasteiger charge is -2.21. The summed E-state index contributed by atoms with van der Waals surface area (Å²) in [6, 6.07) is 25.9. The van der Waals surface area contributed by atoms with Gasteiger partial charge in [0.15, 0.2) is 0 Å². The number of allylic oxidation sites excluding steroid dienone is 2. The molecule has 5 aliphatic rings. The summed E-state index contributed by atoms with van der Waals surface area (Å²) in [7, 11) is 0. The van der Waals surface area contributed by atoms with Crippen molar-refractivity contribution in [1.82, 2.24) is 19.9 Å². The van der Waals surface area contributed by atoms with Gasteiger partial charge in [0, 0.05) is 63.1 Å². The summed E-state index contributed by atoms with van der Waals surface area (Å²) in [6.45, 7) is 9.34. The van der Waals surface area contributed by atoms with Gasteiger partial charge in [0.05, 0.1) is 28.3 Å². The third kappa shape index (κ3) is 16.1. The highest BCUT2D eigenvalue weighted by atomic mass is 16.5. The minimum Gasteiger partial charge on any atom is -0.457 e. The molecular weight excluding hydrogens is 1010 g/mol. The summed E-state index contributed by atoms with van der Waals surface area (Å²) in [6.07, 6.45) is 53.5. The summed E-state index contributed by atoms with van der Waals surface area (Å²) in [5, 5.41) is 0. The number of aromatic amines is 2. The van der Waals surface area contributed by atoms with Gasteiger partial charge in [-0.25, -0.2) is 14.8 Å². The number of benzene rings is 2. The van der Waals surface area contributed by atoms with Crippen LogP contribution in [0, 0.1) is 23.7 Å². The summed E-state index contributed by atoms with van der Waals surface area (Å²) in [5.74, 6) is 2.75. The van der Waals surface area contributed by atoms with E-state index in [0.717, 1.165) is 137 Å². The number of aromatic nitrogens is 4. The van der Waals surface area contributed by atoms with Gasteiger partial charge in [-0.1, -0.05) is 211 Å². The van der Waals surface area contributed by atoms with Crippen LogP contribution >= 0.6 is 0 Å². The van der Waals surface area contributed by atoms with Crippen molar-refractivity contribution in [3.05, 3.63) is 136 Å². The van der Waals surface area contributed by atoms with Crippen molar-refractivity contribution in [1.29, 1.82) is 0 Å². The normalized spacial score (nSPS) is 17.6. The van der Waals surface area contributed by atoms with Gasteiger partial charge < -0.3 is 19.6 Å². The smallest absolute Gasteiger partial charge is 0.338 e. The van der Waals surface area contributed by atoms with Gasteiger partial charge in [-0.3, -0.25) is 0 Å². The molecule has 10 rings (SSSR count). The number of H-pyrrole nitrogens is 2. The van der Waals surface area contributed by atoms with Gasteiger partial charge in [-0.2, -0.15) is 0 Å². The summed E-state index contributed by atoms with van der Waals surface area (Å²) in [4.78, 5) is 35.3. The van der Waals surface area contributed by atoms with Crippen molar-refractivity contribution in [3.63, 3.8) is 0 Å². The predicted octanol–water partition coefficient (Wildman–Crippen LogP) is 21.2. The average molecular weight is 1120 g/mol. The standard InChI is InChI=1S/C76H101N5O2/c1-4-7-10-13-16-19-22-25-28-31-62-67-44-46-69(77-67)63(32-29-26-23-20-17-14-11-8-5-2)71-48-50-73(79-71)75(74-51-49-72(80-74)64(70-47-45-68(62)78-70)33-30-27-24-21-18-15-12-9-6-3)57-36-34-56(35-37-57)55-83-76(82)58-40-42-61(43-41-58)81-53-65-59-38-39-60(52-59)66(65)54-81/h34-51,59-60,65-66,79-80H,4-33,52-55H2,1-3H3/t59-,60+,65-,66+. The number of nitrogens with zero attached hydrogens (tertiary/aromatic N) is 3. The van der Waals surface area contributed by atoms with Gasteiger partial charge in [0.1, 0.15) is 6.61 Å². The maximum Gasteiger partial charge on any atom is 0.338 e. The fourth-order valence-corrected chi connectivity index (χ4v) is 14.5. The quantitative estimate of drug-likeness (QED) is 0.0235. The number of ether oxygens (including phenoxy) is 1. The van der Waals surface area contributed by atoms with Crippen LogP contribution in [0.4, 0.5) is 5.69 Å². The maximum atomic E-state index is 13.5. The molecule has 0 radical (unpaired) electrons. The summed E-state index contributed by atoms with van der Waals surface area (Å²) in [5.41, 5.74) is 17.5. The second-order valence-electron chi connectivity index (χ2n) is 25.5. The highest BCUT2D eigenvalue weighted by molar-refractivity contribution is 5.95. The van der Waals surface area contributed by atoms with Crippen LogP contribution in [0.3, 0.4) is 0 Å². The van der Waals surface area contributed by atoms with Crippen LogP contribution in [0.5, 0.6) is 0 Å². The molecule has 2 N–H and O–H groups in total. The first-order valence-electron chi connectivity index (χ1n) is 33.9. The minimum absolute atomic E-state index is 0.205. The number of esters is 1. The number of hydrogen-bond donors (Lipinski definition) is 2. The van der Waals surface area contributed by atoms with Crippen molar-refractivity contribution in [3.8, 4) is 11.1 Å². The molecule has 6 heterocycles. The van der Waals surface area contributed by atoms with Crippen LogP contribution in [-0.4, -0.2) is 39.0 Å². The van der Waals surface area contributed by atoms with Crippen molar-refractivity contribution in [2.24, 2.45) is 23.7 Å². The number of fused-ring (bicyclic) bond motifs is 13. The molecule has 7 nitrogen and oxygen atoms in total.